The summed E-state index contributed by atoms with van der Waals surface area (Å²) < 4.78 is 70.1. The quantitative estimate of drug-likeness (QED) is 0.531. The van der Waals surface area contributed by atoms with Gasteiger partial charge in [0, 0.05) is 26.2 Å². The van der Waals surface area contributed by atoms with Crippen molar-refractivity contribution in [2.24, 2.45) is 0 Å². The Bertz CT molecular complexity index is 806. The number of nitrogens with zero attached hydrogens (tertiary/aromatic N) is 2. The fourth-order valence-electron chi connectivity index (χ4n) is 4.51. The predicted octanol–water partition coefficient (Wildman–Crippen LogP) is 4.62. The minimum atomic E-state index is -5.08. The van der Waals surface area contributed by atoms with Crippen LogP contribution in [-0.2, 0) is 20.9 Å². The highest BCUT2D eigenvalue weighted by atomic mass is 32.1. The zero-order valence-corrected chi connectivity index (χ0v) is 20.3. The molecule has 4 heterocycles. The molecule has 4 rings (SSSR count). The van der Waals surface area contributed by atoms with Gasteiger partial charge in [0.1, 0.15) is 0 Å². The zero-order valence-electron chi connectivity index (χ0n) is 19.5. The first-order valence-electron chi connectivity index (χ1n) is 11.4. The van der Waals surface area contributed by atoms with Crippen molar-refractivity contribution in [2.75, 3.05) is 32.7 Å². The lowest BCUT2D eigenvalue weighted by molar-refractivity contribution is -0.193. The lowest BCUT2D eigenvalue weighted by Crippen LogP contribution is -2.46. The van der Waals surface area contributed by atoms with Crippen LogP contribution in [0.4, 0.5) is 26.3 Å². The first-order chi connectivity index (χ1) is 16.7. The van der Waals surface area contributed by atoms with E-state index in [-0.39, 0.29) is 5.60 Å². The molecular weight excluding hydrogens is 518 g/mol. The zero-order chi connectivity index (χ0) is 27.0. The fraction of sp³-hybridized carbons (Fsp3) is 0.727. The Balaban J connectivity index is 0.000000271. The summed E-state index contributed by atoms with van der Waals surface area (Å²) in [5, 5.41) is 18.7. The van der Waals surface area contributed by atoms with Crippen LogP contribution in [0.3, 0.4) is 0 Å². The average molecular weight is 549 g/mol. The number of carboxylic acids is 2. The Hall–Kier alpha value is -1.90. The SMILES string of the molecule is O=C(O)C(F)(F)F.O=C(O)C(F)(F)F.c1cc(CN2CC[C@]3(CCC[C@H](CN4CCCC4)O3)C2)cs1. The van der Waals surface area contributed by atoms with Crippen LogP contribution in [-0.4, -0.2) is 88.7 Å². The Kier molecular flexibility index (Phi) is 11.0. The number of halogens is 6. The summed E-state index contributed by atoms with van der Waals surface area (Å²) in [5.41, 5.74) is 1.63. The van der Waals surface area contributed by atoms with Crippen LogP contribution >= 0.6 is 11.3 Å². The van der Waals surface area contributed by atoms with Crippen LogP contribution in [0.1, 0.15) is 44.1 Å². The summed E-state index contributed by atoms with van der Waals surface area (Å²) >= 11 is 1.80. The summed E-state index contributed by atoms with van der Waals surface area (Å²) in [6.45, 7) is 7.19. The highest BCUT2D eigenvalue weighted by Crippen LogP contribution is 2.37. The minimum absolute atomic E-state index is 0.165. The Morgan fingerprint density at radius 2 is 1.56 bits per heavy atom. The standard InChI is InChI=1S/C18H28N2OS.2C2HF3O2/c1-2-9-19(8-1)13-17-4-3-6-18(21-17)7-10-20(15-18)12-16-5-11-22-14-16;2*3-2(4,5)1(6)7/h5,11,14,17H,1-4,6-10,12-13,15H2;2*(H,6,7)/t17-,18-;;/m1../s1. The molecule has 3 saturated heterocycles. The summed E-state index contributed by atoms with van der Waals surface area (Å²) in [6.07, 6.45) is -1.81. The van der Waals surface area contributed by atoms with Gasteiger partial charge in [-0.25, -0.2) is 9.59 Å². The van der Waals surface area contributed by atoms with Gasteiger partial charge >= 0.3 is 24.3 Å². The molecule has 2 atom stereocenters. The van der Waals surface area contributed by atoms with Crippen molar-refractivity contribution in [3.8, 4) is 0 Å². The van der Waals surface area contributed by atoms with E-state index in [1.54, 1.807) is 11.3 Å². The first kappa shape index (κ1) is 30.3. The third-order valence-corrected chi connectivity index (χ3v) is 6.83. The summed E-state index contributed by atoms with van der Waals surface area (Å²) in [4.78, 5) is 23.0. The van der Waals surface area contributed by atoms with Gasteiger partial charge in [-0.1, -0.05) is 0 Å². The summed E-state index contributed by atoms with van der Waals surface area (Å²) in [7, 11) is 0. The number of carboxylic acid groups (broad SMARTS) is 2. The van der Waals surface area contributed by atoms with E-state index in [2.05, 4.69) is 26.6 Å². The predicted molar refractivity (Wildman–Crippen MR) is 119 cm³/mol. The number of hydrogen-bond acceptors (Lipinski definition) is 6. The normalized spacial score (nSPS) is 25.1. The number of hydrogen-bond donors (Lipinski definition) is 2. The molecule has 206 valence electrons. The van der Waals surface area contributed by atoms with Crippen LogP contribution in [0.15, 0.2) is 16.8 Å². The largest absolute Gasteiger partial charge is 0.490 e. The van der Waals surface area contributed by atoms with Crippen molar-refractivity contribution >= 4 is 23.3 Å². The molecule has 0 saturated carbocycles. The highest BCUT2D eigenvalue weighted by Gasteiger charge is 2.43. The molecule has 0 amide bonds. The van der Waals surface area contributed by atoms with E-state index in [1.807, 2.05) is 0 Å². The van der Waals surface area contributed by atoms with E-state index >= 15 is 0 Å². The van der Waals surface area contributed by atoms with Crippen molar-refractivity contribution in [3.63, 3.8) is 0 Å². The topological polar surface area (TPSA) is 90.3 Å². The second-order valence-electron chi connectivity index (χ2n) is 9.02. The van der Waals surface area contributed by atoms with E-state index < -0.39 is 24.3 Å². The number of thiophene rings is 1. The molecule has 3 fully saturated rings. The molecule has 1 aromatic rings. The van der Waals surface area contributed by atoms with Crippen molar-refractivity contribution in [2.45, 2.75) is 69.1 Å². The molecule has 3 aliphatic heterocycles. The van der Waals surface area contributed by atoms with E-state index in [0.717, 1.165) is 13.1 Å². The molecule has 14 heteroatoms. The van der Waals surface area contributed by atoms with Gasteiger partial charge in [0.25, 0.3) is 0 Å². The second-order valence-corrected chi connectivity index (χ2v) is 9.80. The average Bonchev–Trinajstić information content (AvgIpc) is 3.52. The minimum Gasteiger partial charge on any atom is -0.475 e. The van der Waals surface area contributed by atoms with Gasteiger partial charge in [0.05, 0.1) is 11.7 Å². The van der Waals surface area contributed by atoms with Crippen LogP contribution in [0.5, 0.6) is 0 Å². The molecule has 1 aromatic heterocycles. The fourth-order valence-corrected chi connectivity index (χ4v) is 5.17. The van der Waals surface area contributed by atoms with Crippen molar-refractivity contribution in [1.29, 1.82) is 0 Å². The first-order valence-corrected chi connectivity index (χ1v) is 12.4. The lowest BCUT2D eigenvalue weighted by atomic mass is 9.90. The van der Waals surface area contributed by atoms with Gasteiger partial charge in [-0.05, 0) is 74.0 Å². The van der Waals surface area contributed by atoms with Crippen LogP contribution in [0, 0.1) is 0 Å². The van der Waals surface area contributed by atoms with Crippen LogP contribution in [0.2, 0.25) is 0 Å². The van der Waals surface area contributed by atoms with Gasteiger partial charge in [-0.2, -0.15) is 37.7 Å². The number of likely N-dealkylation sites (tertiary alicyclic amines) is 2. The number of alkyl halides is 6. The lowest BCUT2D eigenvalue weighted by Gasteiger charge is -2.40. The number of aliphatic carboxylic acids is 2. The molecule has 0 bridgehead atoms. The molecule has 36 heavy (non-hydrogen) atoms. The van der Waals surface area contributed by atoms with Crippen molar-refractivity contribution in [3.05, 3.63) is 22.4 Å². The van der Waals surface area contributed by atoms with Gasteiger partial charge in [0.2, 0.25) is 0 Å². The molecule has 0 radical (unpaired) electrons. The molecule has 3 aliphatic rings. The number of ether oxygens (including phenoxy) is 1. The van der Waals surface area contributed by atoms with Gasteiger partial charge in [-0.15, -0.1) is 0 Å². The second kappa shape index (κ2) is 13.1. The molecule has 7 nitrogen and oxygen atoms in total. The maximum Gasteiger partial charge on any atom is 0.490 e. The maximum atomic E-state index is 10.6. The van der Waals surface area contributed by atoms with Crippen molar-refractivity contribution in [1.82, 2.24) is 9.80 Å². The molecule has 0 aliphatic carbocycles. The van der Waals surface area contributed by atoms with E-state index in [4.69, 9.17) is 24.5 Å². The third-order valence-electron chi connectivity index (χ3n) is 6.10. The van der Waals surface area contributed by atoms with Gasteiger partial charge in [0.15, 0.2) is 0 Å². The van der Waals surface area contributed by atoms with E-state index in [0.29, 0.717) is 6.10 Å². The van der Waals surface area contributed by atoms with E-state index in [1.165, 1.54) is 70.3 Å². The van der Waals surface area contributed by atoms with Crippen LogP contribution < -0.4 is 0 Å². The maximum absolute atomic E-state index is 10.6. The number of rotatable bonds is 4. The van der Waals surface area contributed by atoms with Crippen molar-refractivity contribution < 1.29 is 50.9 Å². The smallest absolute Gasteiger partial charge is 0.475 e. The summed E-state index contributed by atoms with van der Waals surface area (Å²) in [5.74, 6) is -5.51. The highest BCUT2D eigenvalue weighted by molar-refractivity contribution is 7.07. The molecular formula is C22H30F6N2O5S. The molecule has 0 unspecified atom stereocenters. The molecule has 0 aromatic carbocycles. The third kappa shape index (κ3) is 10.2. The molecule has 2 N–H and O–H groups in total. The van der Waals surface area contributed by atoms with Gasteiger partial charge in [-0.3, -0.25) is 4.90 Å². The van der Waals surface area contributed by atoms with Crippen LogP contribution in [0.25, 0.3) is 0 Å². The van der Waals surface area contributed by atoms with E-state index in [9.17, 15) is 26.3 Å². The van der Waals surface area contributed by atoms with Gasteiger partial charge < -0.3 is 19.8 Å². The Morgan fingerprint density at radius 1 is 0.972 bits per heavy atom. The Morgan fingerprint density at radius 3 is 2.06 bits per heavy atom. The summed E-state index contributed by atoms with van der Waals surface area (Å²) in [6, 6.07) is 2.26. The Labute approximate surface area is 208 Å². The molecule has 1 spiro atoms. The monoisotopic (exact) mass is 548 g/mol. The number of carbonyl (C=O) groups is 2.